The van der Waals surface area contributed by atoms with E-state index in [4.69, 9.17) is 0 Å². The Morgan fingerprint density at radius 1 is 0.935 bits per heavy atom. The summed E-state index contributed by atoms with van der Waals surface area (Å²) in [5.74, 6) is -1.61. The molecular weight excluding hydrogens is 388 g/mol. The molecule has 0 N–H and O–H groups in total. The van der Waals surface area contributed by atoms with Crippen molar-refractivity contribution in [3.8, 4) is 0 Å². The van der Waals surface area contributed by atoms with Gasteiger partial charge in [0.15, 0.2) is 5.78 Å². The number of nitrogens with zero attached hydrogens (tertiary/aromatic N) is 2. The average molecular weight is 415 g/mol. The van der Waals surface area contributed by atoms with Crippen LogP contribution in [0.25, 0.3) is 5.57 Å². The summed E-state index contributed by atoms with van der Waals surface area (Å²) in [6.45, 7) is 4.51. The molecule has 2 fully saturated rings. The molecule has 4 atom stereocenters. The third kappa shape index (κ3) is 2.87. The van der Waals surface area contributed by atoms with E-state index in [-0.39, 0.29) is 23.6 Å². The molecule has 3 aliphatic rings. The van der Waals surface area contributed by atoms with E-state index in [9.17, 15) is 14.4 Å². The molecule has 3 aliphatic heterocycles. The number of anilines is 1. The van der Waals surface area contributed by atoms with Crippen LogP contribution in [0.5, 0.6) is 0 Å². The number of allylic oxidation sites excluding steroid dienone is 1. The van der Waals surface area contributed by atoms with Gasteiger partial charge in [0.25, 0.3) is 0 Å². The number of fused-ring (bicyclic) bond motifs is 5. The Hall–Kier alpha value is -3.21. The Balaban J connectivity index is 1.65. The largest absolute Gasteiger partial charge is 0.352 e. The van der Waals surface area contributed by atoms with Gasteiger partial charge in [-0.15, -0.1) is 0 Å². The number of imide groups is 1. The molecule has 0 saturated carbocycles. The molecule has 0 unspecified atom stereocenters. The molecule has 2 amide bonds. The van der Waals surface area contributed by atoms with Gasteiger partial charge in [0, 0.05) is 23.4 Å². The SMILES string of the molecule is CCCCN1C(=O)[C@@H]2[C@H](C1=O)[C@H]1C=C(C)c3ccccc3N1[C@@H]2C(=O)c1ccccc1. The molecule has 5 nitrogen and oxygen atoms in total. The number of amides is 2. The van der Waals surface area contributed by atoms with Gasteiger partial charge in [0.2, 0.25) is 11.8 Å². The number of likely N-dealkylation sites (tertiary alicyclic amines) is 1. The second-order valence-electron chi connectivity index (χ2n) is 8.67. The fraction of sp³-hybridized carbons (Fsp3) is 0.346. The van der Waals surface area contributed by atoms with E-state index in [0.717, 1.165) is 29.7 Å². The summed E-state index contributed by atoms with van der Waals surface area (Å²) in [6, 6.07) is 16.1. The highest BCUT2D eigenvalue weighted by molar-refractivity contribution is 6.14. The van der Waals surface area contributed by atoms with Gasteiger partial charge in [0.1, 0.15) is 6.04 Å². The van der Waals surface area contributed by atoms with E-state index >= 15 is 0 Å². The molecule has 2 aromatic rings. The van der Waals surface area contributed by atoms with Crippen molar-refractivity contribution in [1.82, 2.24) is 4.90 Å². The van der Waals surface area contributed by atoms with E-state index in [0.29, 0.717) is 12.1 Å². The van der Waals surface area contributed by atoms with Crippen LogP contribution in [0.4, 0.5) is 5.69 Å². The molecule has 0 aliphatic carbocycles. The average Bonchev–Trinajstić information content (AvgIpc) is 3.25. The fourth-order valence-corrected chi connectivity index (χ4v) is 5.47. The van der Waals surface area contributed by atoms with Gasteiger partial charge < -0.3 is 4.90 Å². The molecule has 158 valence electrons. The first-order valence-corrected chi connectivity index (χ1v) is 11.0. The predicted molar refractivity (Wildman–Crippen MR) is 120 cm³/mol. The molecule has 5 rings (SSSR count). The van der Waals surface area contributed by atoms with E-state index in [1.54, 1.807) is 12.1 Å². The highest BCUT2D eigenvalue weighted by Crippen LogP contribution is 2.50. The number of Topliss-reactive ketones (excluding diaryl/α,β-unsaturated/α-hetero) is 1. The number of unbranched alkanes of at least 4 members (excludes halogenated alkanes) is 1. The van der Waals surface area contributed by atoms with Gasteiger partial charge in [0.05, 0.1) is 17.9 Å². The molecule has 0 bridgehead atoms. The van der Waals surface area contributed by atoms with Crippen LogP contribution in [0.2, 0.25) is 0 Å². The predicted octanol–water partition coefficient (Wildman–Crippen LogP) is 3.94. The first-order chi connectivity index (χ1) is 15.0. The lowest BCUT2D eigenvalue weighted by Crippen LogP contribution is -2.49. The molecule has 31 heavy (non-hydrogen) atoms. The maximum absolute atomic E-state index is 13.8. The van der Waals surface area contributed by atoms with Crippen LogP contribution in [0.1, 0.15) is 42.6 Å². The summed E-state index contributed by atoms with van der Waals surface area (Å²) in [5.41, 5.74) is 3.63. The van der Waals surface area contributed by atoms with Crippen molar-refractivity contribution in [2.45, 2.75) is 38.8 Å². The molecule has 2 saturated heterocycles. The van der Waals surface area contributed by atoms with Crippen LogP contribution < -0.4 is 4.90 Å². The summed E-state index contributed by atoms with van der Waals surface area (Å²) in [6.07, 6.45) is 3.76. The van der Waals surface area contributed by atoms with Gasteiger partial charge >= 0.3 is 0 Å². The minimum atomic E-state index is -0.689. The summed E-state index contributed by atoms with van der Waals surface area (Å²) < 4.78 is 0. The van der Waals surface area contributed by atoms with Crippen molar-refractivity contribution in [3.63, 3.8) is 0 Å². The number of hydrogen-bond donors (Lipinski definition) is 0. The fourth-order valence-electron chi connectivity index (χ4n) is 5.47. The Bertz CT molecular complexity index is 1090. The molecule has 0 spiro atoms. The number of carbonyl (C=O) groups excluding carboxylic acids is 3. The van der Waals surface area contributed by atoms with E-state index in [1.165, 1.54) is 4.90 Å². The lowest BCUT2D eigenvalue weighted by molar-refractivity contribution is -0.140. The number of benzene rings is 2. The van der Waals surface area contributed by atoms with Gasteiger partial charge in [-0.05, 0) is 25.0 Å². The normalized spacial score (nSPS) is 26.5. The number of rotatable bonds is 5. The van der Waals surface area contributed by atoms with Crippen LogP contribution in [0.3, 0.4) is 0 Å². The van der Waals surface area contributed by atoms with Crippen molar-refractivity contribution >= 4 is 28.9 Å². The van der Waals surface area contributed by atoms with Crippen molar-refractivity contribution in [3.05, 3.63) is 71.8 Å². The Labute approximate surface area is 182 Å². The first kappa shape index (κ1) is 19.7. The van der Waals surface area contributed by atoms with Crippen molar-refractivity contribution < 1.29 is 14.4 Å². The van der Waals surface area contributed by atoms with Gasteiger partial charge in [-0.1, -0.05) is 68.0 Å². The Kier molecular flexibility index (Phi) is 4.77. The van der Waals surface area contributed by atoms with Gasteiger partial charge in [-0.25, -0.2) is 0 Å². The second kappa shape index (κ2) is 7.49. The third-order valence-electron chi connectivity index (χ3n) is 6.91. The van der Waals surface area contributed by atoms with Crippen LogP contribution >= 0.6 is 0 Å². The van der Waals surface area contributed by atoms with Crippen molar-refractivity contribution in [1.29, 1.82) is 0 Å². The van der Waals surface area contributed by atoms with E-state index < -0.39 is 17.9 Å². The topological polar surface area (TPSA) is 57.7 Å². The summed E-state index contributed by atoms with van der Waals surface area (Å²) in [5, 5.41) is 0. The van der Waals surface area contributed by atoms with Crippen LogP contribution in [0, 0.1) is 11.8 Å². The second-order valence-corrected chi connectivity index (χ2v) is 8.67. The Morgan fingerprint density at radius 2 is 1.61 bits per heavy atom. The lowest BCUT2D eigenvalue weighted by Gasteiger charge is -2.38. The minimum Gasteiger partial charge on any atom is -0.352 e. The number of hydrogen-bond acceptors (Lipinski definition) is 4. The summed E-state index contributed by atoms with van der Waals surface area (Å²) in [7, 11) is 0. The zero-order valence-electron chi connectivity index (χ0n) is 17.8. The highest BCUT2D eigenvalue weighted by atomic mass is 16.2. The van der Waals surface area contributed by atoms with E-state index in [2.05, 4.69) is 6.08 Å². The van der Waals surface area contributed by atoms with Gasteiger partial charge in [-0.2, -0.15) is 0 Å². The summed E-state index contributed by atoms with van der Waals surface area (Å²) >= 11 is 0. The molecule has 0 aromatic heterocycles. The Morgan fingerprint density at radius 3 is 2.35 bits per heavy atom. The zero-order chi connectivity index (χ0) is 21.7. The number of carbonyl (C=O) groups is 3. The quantitative estimate of drug-likeness (QED) is 0.549. The number of ketones is 1. The van der Waals surface area contributed by atoms with E-state index in [1.807, 2.05) is 61.2 Å². The first-order valence-electron chi connectivity index (χ1n) is 11.0. The van der Waals surface area contributed by atoms with Crippen molar-refractivity contribution in [2.24, 2.45) is 11.8 Å². The van der Waals surface area contributed by atoms with Crippen molar-refractivity contribution in [2.75, 3.05) is 11.4 Å². The standard InChI is InChI=1S/C26H26N2O3/c1-3-4-14-27-25(30)21-20-15-16(2)18-12-8-9-13-19(18)28(20)23(22(21)26(27)31)24(29)17-10-6-5-7-11-17/h5-13,15,20-23H,3-4,14H2,1-2H3/t20-,21-,22-,23+/m1/s1. The maximum atomic E-state index is 13.8. The molecule has 3 heterocycles. The smallest absolute Gasteiger partial charge is 0.235 e. The van der Waals surface area contributed by atoms with Crippen LogP contribution in [-0.4, -0.2) is 41.1 Å². The van der Waals surface area contributed by atoms with Gasteiger partial charge in [-0.3, -0.25) is 19.3 Å². The monoisotopic (exact) mass is 414 g/mol. The molecular formula is C26H26N2O3. The molecule has 2 aromatic carbocycles. The van der Waals surface area contributed by atoms with Crippen LogP contribution in [0.15, 0.2) is 60.7 Å². The molecule has 5 heteroatoms. The lowest BCUT2D eigenvalue weighted by atomic mass is 9.85. The highest BCUT2D eigenvalue weighted by Gasteiger charge is 2.64. The third-order valence-corrected chi connectivity index (χ3v) is 6.91. The summed E-state index contributed by atoms with van der Waals surface area (Å²) in [4.78, 5) is 44.1. The number of para-hydroxylation sites is 1. The molecule has 0 radical (unpaired) electrons. The van der Waals surface area contributed by atoms with Crippen LogP contribution in [-0.2, 0) is 9.59 Å². The zero-order valence-corrected chi connectivity index (χ0v) is 17.8. The maximum Gasteiger partial charge on any atom is 0.235 e. The minimum absolute atomic E-state index is 0.0978.